The number of furan rings is 1. The number of aromatic nitrogens is 2. The molecule has 164 valence electrons. The van der Waals surface area contributed by atoms with E-state index in [-0.39, 0.29) is 17.5 Å². The highest BCUT2D eigenvalue weighted by Gasteiger charge is 2.26. The minimum atomic E-state index is -0.0632. The van der Waals surface area contributed by atoms with Crippen LogP contribution in [0.25, 0.3) is 10.2 Å². The van der Waals surface area contributed by atoms with Gasteiger partial charge in [0.1, 0.15) is 16.4 Å². The third-order valence-corrected chi connectivity index (χ3v) is 7.59. The lowest BCUT2D eigenvalue weighted by atomic mass is 9.97. The van der Waals surface area contributed by atoms with Crippen LogP contribution in [-0.4, -0.2) is 40.4 Å². The Morgan fingerprint density at radius 2 is 2.10 bits per heavy atom. The van der Waals surface area contributed by atoms with Crippen LogP contribution in [0.3, 0.4) is 0 Å². The molecular weight excluding hydrogens is 412 g/mol. The van der Waals surface area contributed by atoms with Gasteiger partial charge in [0, 0.05) is 24.3 Å². The Labute approximate surface area is 184 Å². The third kappa shape index (κ3) is 4.32. The molecule has 5 rings (SSSR count). The number of aromatic amines is 1. The summed E-state index contributed by atoms with van der Waals surface area (Å²) in [6.07, 6.45) is 9.09. The van der Waals surface area contributed by atoms with Gasteiger partial charge < -0.3 is 14.7 Å². The molecule has 7 nitrogen and oxygen atoms in total. The number of nitrogens with zero attached hydrogens (tertiary/aromatic N) is 2. The summed E-state index contributed by atoms with van der Waals surface area (Å²) in [6.45, 7) is 2.57. The van der Waals surface area contributed by atoms with E-state index in [2.05, 4.69) is 20.2 Å². The van der Waals surface area contributed by atoms with E-state index in [1.807, 2.05) is 12.1 Å². The normalized spacial score (nSPS) is 17.7. The Morgan fingerprint density at radius 1 is 1.26 bits per heavy atom. The van der Waals surface area contributed by atoms with Gasteiger partial charge in [0.2, 0.25) is 5.91 Å². The SMILES string of the molecule is O=C(CCc1nc2sc3c(c2c(=O)[nH]1)CCCC3)NCC(c1ccco1)N1CCCC1. The number of H-pyrrole nitrogens is 1. The summed E-state index contributed by atoms with van der Waals surface area (Å²) < 4.78 is 5.62. The lowest BCUT2D eigenvalue weighted by Crippen LogP contribution is -2.36. The Bertz CT molecular complexity index is 1110. The van der Waals surface area contributed by atoms with Gasteiger partial charge >= 0.3 is 0 Å². The first kappa shape index (κ1) is 20.5. The van der Waals surface area contributed by atoms with E-state index in [4.69, 9.17) is 4.42 Å². The van der Waals surface area contributed by atoms with Gasteiger partial charge in [0.15, 0.2) is 0 Å². The Morgan fingerprint density at radius 3 is 2.90 bits per heavy atom. The number of carbonyl (C=O) groups is 1. The molecule has 8 heteroatoms. The molecule has 3 aromatic rings. The Hall–Kier alpha value is -2.45. The number of likely N-dealkylation sites (tertiary alicyclic amines) is 1. The van der Waals surface area contributed by atoms with Crippen molar-refractivity contribution in [2.24, 2.45) is 0 Å². The van der Waals surface area contributed by atoms with Crippen molar-refractivity contribution in [3.05, 3.63) is 50.8 Å². The van der Waals surface area contributed by atoms with E-state index in [0.29, 0.717) is 25.2 Å². The van der Waals surface area contributed by atoms with E-state index in [1.165, 1.54) is 29.7 Å². The highest BCUT2D eigenvalue weighted by Crippen LogP contribution is 2.33. The fraction of sp³-hybridized carbons (Fsp3) is 0.522. The monoisotopic (exact) mass is 440 g/mol. The maximum absolute atomic E-state index is 12.7. The van der Waals surface area contributed by atoms with Crippen molar-refractivity contribution >= 4 is 27.5 Å². The van der Waals surface area contributed by atoms with Crippen LogP contribution >= 0.6 is 11.3 Å². The van der Waals surface area contributed by atoms with Crippen molar-refractivity contribution in [2.45, 2.75) is 57.4 Å². The molecule has 1 aliphatic heterocycles. The average molecular weight is 441 g/mol. The van der Waals surface area contributed by atoms with Crippen molar-refractivity contribution < 1.29 is 9.21 Å². The summed E-state index contributed by atoms with van der Waals surface area (Å²) in [5, 5.41) is 3.82. The first-order valence-electron chi connectivity index (χ1n) is 11.3. The van der Waals surface area contributed by atoms with Crippen molar-refractivity contribution in [3.8, 4) is 0 Å². The molecule has 2 N–H and O–H groups in total. The van der Waals surface area contributed by atoms with E-state index in [0.717, 1.165) is 48.3 Å². The van der Waals surface area contributed by atoms with Crippen LogP contribution in [0.15, 0.2) is 27.6 Å². The Kier molecular flexibility index (Phi) is 5.91. The molecule has 1 saturated heterocycles. The number of rotatable bonds is 7. The minimum absolute atomic E-state index is 0.0380. The van der Waals surface area contributed by atoms with Crippen LogP contribution in [0.5, 0.6) is 0 Å². The van der Waals surface area contributed by atoms with Gasteiger partial charge in [0.25, 0.3) is 5.56 Å². The highest BCUT2D eigenvalue weighted by molar-refractivity contribution is 7.18. The van der Waals surface area contributed by atoms with Gasteiger partial charge in [-0.05, 0) is 69.3 Å². The zero-order valence-electron chi connectivity index (χ0n) is 17.6. The topological polar surface area (TPSA) is 91.2 Å². The van der Waals surface area contributed by atoms with Crippen LogP contribution in [0.2, 0.25) is 0 Å². The molecule has 0 spiro atoms. The molecule has 0 aromatic carbocycles. The molecule has 31 heavy (non-hydrogen) atoms. The number of hydrogen-bond donors (Lipinski definition) is 2. The van der Waals surface area contributed by atoms with E-state index < -0.39 is 0 Å². The summed E-state index contributed by atoms with van der Waals surface area (Å²) in [7, 11) is 0. The van der Waals surface area contributed by atoms with Gasteiger partial charge in [-0.3, -0.25) is 14.5 Å². The van der Waals surface area contributed by atoms with Gasteiger partial charge in [-0.25, -0.2) is 4.98 Å². The average Bonchev–Trinajstić information content (AvgIpc) is 3.53. The number of aryl methyl sites for hydroxylation is 3. The maximum atomic E-state index is 12.7. The standard InChI is InChI=1S/C23H28N4O3S/c28-20(24-14-16(17-7-5-13-30-17)27-11-3-4-12-27)10-9-19-25-22(29)21-15-6-1-2-8-18(15)31-23(21)26-19/h5,7,13,16H,1-4,6,8-12,14H2,(H,24,28)(H,25,26,29). The van der Waals surface area contributed by atoms with Crippen molar-refractivity contribution in [1.82, 2.24) is 20.2 Å². The summed E-state index contributed by atoms with van der Waals surface area (Å²) in [5.74, 6) is 1.44. The van der Waals surface area contributed by atoms with Gasteiger partial charge in [-0.2, -0.15) is 0 Å². The molecule has 1 aliphatic carbocycles. The van der Waals surface area contributed by atoms with Crippen LogP contribution < -0.4 is 10.9 Å². The zero-order chi connectivity index (χ0) is 21.2. The van der Waals surface area contributed by atoms with Gasteiger partial charge in [0.05, 0.1) is 17.7 Å². The molecule has 1 fully saturated rings. The second-order valence-electron chi connectivity index (χ2n) is 8.48. The number of carbonyl (C=O) groups excluding carboxylic acids is 1. The van der Waals surface area contributed by atoms with Gasteiger partial charge in [-0.1, -0.05) is 0 Å². The molecular formula is C23H28N4O3S. The molecule has 1 amide bonds. The smallest absolute Gasteiger partial charge is 0.259 e. The van der Waals surface area contributed by atoms with E-state index >= 15 is 0 Å². The summed E-state index contributed by atoms with van der Waals surface area (Å²) >= 11 is 1.64. The summed E-state index contributed by atoms with van der Waals surface area (Å²) in [6, 6.07) is 3.92. The Balaban J connectivity index is 1.22. The van der Waals surface area contributed by atoms with E-state index in [1.54, 1.807) is 17.6 Å². The first-order chi connectivity index (χ1) is 15.2. The molecule has 3 aromatic heterocycles. The second-order valence-corrected chi connectivity index (χ2v) is 9.57. The number of amides is 1. The molecule has 0 bridgehead atoms. The molecule has 4 heterocycles. The number of nitrogens with one attached hydrogen (secondary N) is 2. The predicted molar refractivity (Wildman–Crippen MR) is 120 cm³/mol. The fourth-order valence-electron chi connectivity index (χ4n) is 4.80. The molecule has 0 radical (unpaired) electrons. The summed E-state index contributed by atoms with van der Waals surface area (Å²) in [4.78, 5) is 37.3. The van der Waals surface area contributed by atoms with Gasteiger partial charge in [-0.15, -0.1) is 11.3 Å². The lowest BCUT2D eigenvalue weighted by Gasteiger charge is -2.26. The van der Waals surface area contributed by atoms with Crippen LogP contribution in [0, 0.1) is 0 Å². The van der Waals surface area contributed by atoms with E-state index in [9.17, 15) is 9.59 Å². The van der Waals surface area contributed by atoms with Crippen molar-refractivity contribution in [1.29, 1.82) is 0 Å². The molecule has 1 atom stereocenters. The molecule has 0 saturated carbocycles. The quantitative estimate of drug-likeness (QED) is 0.588. The second kappa shape index (κ2) is 8.96. The highest BCUT2D eigenvalue weighted by atomic mass is 32.1. The minimum Gasteiger partial charge on any atom is -0.468 e. The number of thiophene rings is 1. The predicted octanol–water partition coefficient (Wildman–Crippen LogP) is 3.34. The van der Waals surface area contributed by atoms with Crippen LogP contribution in [0.4, 0.5) is 0 Å². The third-order valence-electron chi connectivity index (χ3n) is 6.41. The van der Waals surface area contributed by atoms with Crippen molar-refractivity contribution in [3.63, 3.8) is 0 Å². The number of fused-ring (bicyclic) bond motifs is 3. The molecule has 2 aliphatic rings. The maximum Gasteiger partial charge on any atom is 0.259 e. The fourth-order valence-corrected chi connectivity index (χ4v) is 6.08. The van der Waals surface area contributed by atoms with Crippen molar-refractivity contribution in [2.75, 3.05) is 19.6 Å². The van der Waals surface area contributed by atoms with Crippen LogP contribution in [-0.2, 0) is 24.1 Å². The van der Waals surface area contributed by atoms with Crippen LogP contribution in [0.1, 0.15) is 60.2 Å². The summed E-state index contributed by atoms with van der Waals surface area (Å²) in [5.41, 5.74) is 1.13. The lowest BCUT2D eigenvalue weighted by molar-refractivity contribution is -0.121. The molecule has 1 unspecified atom stereocenters. The zero-order valence-corrected chi connectivity index (χ0v) is 18.4. The number of hydrogen-bond acceptors (Lipinski definition) is 6. The first-order valence-corrected chi connectivity index (χ1v) is 12.1. The largest absolute Gasteiger partial charge is 0.468 e.